The van der Waals surface area contributed by atoms with E-state index < -0.39 is 0 Å². The van der Waals surface area contributed by atoms with Crippen LogP contribution in [0.4, 0.5) is 0 Å². The molecular weight excluding hydrogens is 588 g/mol. The van der Waals surface area contributed by atoms with Crippen LogP contribution in [0.15, 0.2) is 35.2 Å². The summed E-state index contributed by atoms with van der Waals surface area (Å²) in [5.41, 5.74) is 1.68. The van der Waals surface area contributed by atoms with Crippen LogP contribution in [-0.2, 0) is 11.4 Å². The summed E-state index contributed by atoms with van der Waals surface area (Å²) in [6.07, 6.45) is 2.70. The zero-order chi connectivity index (χ0) is 22.5. The third-order valence-electron chi connectivity index (χ3n) is 4.34. The minimum atomic E-state index is -0.0532. The average molecular weight is 608 g/mol. The van der Waals surface area contributed by atoms with Gasteiger partial charge in [0.05, 0.1) is 15.1 Å². The first-order valence-corrected chi connectivity index (χ1v) is 12.7. The fourth-order valence-corrected chi connectivity index (χ4v) is 5.48. The first-order valence-electron chi connectivity index (χ1n) is 9.62. The largest absolute Gasteiger partial charge is 0.490 e. The summed E-state index contributed by atoms with van der Waals surface area (Å²) in [6.45, 7) is 5.32. The van der Waals surface area contributed by atoms with E-state index in [1.807, 2.05) is 38.1 Å². The molecule has 0 radical (unpaired) electrons. The number of hydrogen-bond acceptors (Lipinski definition) is 5. The number of carbonyl (C=O) groups excluding carboxylic acids is 1. The third-order valence-corrected chi connectivity index (χ3v) is 7.10. The molecule has 0 unspecified atom stereocenters. The molecule has 0 saturated carbocycles. The van der Waals surface area contributed by atoms with E-state index in [0.717, 1.165) is 21.1 Å². The molecule has 1 heterocycles. The molecule has 1 aliphatic rings. The Bertz CT molecular complexity index is 1050. The van der Waals surface area contributed by atoms with Gasteiger partial charge in [-0.15, -0.1) is 0 Å². The molecule has 0 N–H and O–H groups in total. The van der Waals surface area contributed by atoms with Gasteiger partial charge in [-0.1, -0.05) is 60.2 Å². The quantitative estimate of drug-likeness (QED) is 0.180. The van der Waals surface area contributed by atoms with Crippen molar-refractivity contribution in [3.63, 3.8) is 0 Å². The Labute approximate surface area is 215 Å². The van der Waals surface area contributed by atoms with Crippen LogP contribution in [-0.4, -0.2) is 28.3 Å². The van der Waals surface area contributed by atoms with Crippen LogP contribution in [0.1, 0.15) is 31.4 Å². The molecule has 2 aromatic carbocycles. The van der Waals surface area contributed by atoms with Gasteiger partial charge >= 0.3 is 0 Å². The SMILES string of the molecule is CCCN1C(=O)/C(=C/c2cc(I)c(OCc3ccc(Cl)cc3Cl)c(OCC)c2)SC1=S. The molecule has 31 heavy (non-hydrogen) atoms. The summed E-state index contributed by atoms with van der Waals surface area (Å²) >= 11 is 21.1. The van der Waals surface area contributed by atoms with E-state index in [0.29, 0.717) is 43.9 Å². The van der Waals surface area contributed by atoms with E-state index in [-0.39, 0.29) is 12.5 Å². The van der Waals surface area contributed by atoms with Gasteiger partial charge in [0.1, 0.15) is 10.9 Å². The second kappa shape index (κ2) is 11.2. The Kier molecular flexibility index (Phi) is 8.92. The molecule has 164 valence electrons. The first kappa shape index (κ1) is 24.6. The maximum absolute atomic E-state index is 12.7. The molecule has 2 aromatic rings. The van der Waals surface area contributed by atoms with E-state index in [2.05, 4.69) is 22.6 Å². The maximum Gasteiger partial charge on any atom is 0.266 e. The molecule has 1 fully saturated rings. The normalized spacial score (nSPS) is 15.1. The van der Waals surface area contributed by atoms with Crippen LogP contribution >= 0.6 is 69.8 Å². The average Bonchev–Trinajstić information content (AvgIpc) is 2.96. The first-order chi connectivity index (χ1) is 14.8. The lowest BCUT2D eigenvalue weighted by Gasteiger charge is -2.15. The highest BCUT2D eigenvalue weighted by Gasteiger charge is 2.31. The van der Waals surface area contributed by atoms with Crippen molar-refractivity contribution in [1.82, 2.24) is 4.90 Å². The van der Waals surface area contributed by atoms with Crippen LogP contribution in [0.25, 0.3) is 6.08 Å². The zero-order valence-corrected chi connectivity index (χ0v) is 22.2. The number of amides is 1. The summed E-state index contributed by atoms with van der Waals surface area (Å²) in [4.78, 5) is 14.9. The van der Waals surface area contributed by atoms with E-state index in [1.165, 1.54) is 11.8 Å². The Hall–Kier alpha value is -1.000. The van der Waals surface area contributed by atoms with Crippen molar-refractivity contribution in [2.24, 2.45) is 0 Å². The summed E-state index contributed by atoms with van der Waals surface area (Å²) < 4.78 is 13.3. The molecule has 4 nitrogen and oxygen atoms in total. The second-order valence-electron chi connectivity index (χ2n) is 6.62. The van der Waals surface area contributed by atoms with Crippen molar-refractivity contribution >= 4 is 86.1 Å². The summed E-state index contributed by atoms with van der Waals surface area (Å²) in [7, 11) is 0. The fourth-order valence-electron chi connectivity index (χ4n) is 2.93. The third kappa shape index (κ3) is 6.07. The van der Waals surface area contributed by atoms with Crippen molar-refractivity contribution in [1.29, 1.82) is 0 Å². The lowest BCUT2D eigenvalue weighted by atomic mass is 10.1. The zero-order valence-electron chi connectivity index (χ0n) is 16.9. The van der Waals surface area contributed by atoms with Gasteiger partial charge in [-0.05, 0) is 71.8 Å². The summed E-state index contributed by atoms with van der Waals surface area (Å²) in [6, 6.07) is 9.13. The highest BCUT2D eigenvalue weighted by molar-refractivity contribution is 14.1. The molecule has 0 aliphatic carbocycles. The van der Waals surface area contributed by atoms with E-state index >= 15 is 0 Å². The Morgan fingerprint density at radius 3 is 2.65 bits per heavy atom. The predicted molar refractivity (Wildman–Crippen MR) is 141 cm³/mol. The lowest BCUT2D eigenvalue weighted by molar-refractivity contribution is -0.122. The number of nitrogens with zero attached hydrogens (tertiary/aromatic N) is 1. The Morgan fingerprint density at radius 1 is 1.19 bits per heavy atom. The van der Waals surface area contributed by atoms with Gasteiger partial charge in [0.15, 0.2) is 11.5 Å². The number of halogens is 3. The van der Waals surface area contributed by atoms with Gasteiger partial charge in [0.2, 0.25) is 0 Å². The number of carbonyl (C=O) groups is 1. The van der Waals surface area contributed by atoms with Gasteiger partial charge in [-0.2, -0.15) is 0 Å². The molecule has 1 saturated heterocycles. The topological polar surface area (TPSA) is 38.8 Å². The van der Waals surface area contributed by atoms with Gasteiger partial charge in [0, 0.05) is 22.2 Å². The Balaban J connectivity index is 1.86. The molecule has 0 aromatic heterocycles. The van der Waals surface area contributed by atoms with E-state index in [1.54, 1.807) is 17.0 Å². The van der Waals surface area contributed by atoms with E-state index in [9.17, 15) is 4.79 Å². The smallest absolute Gasteiger partial charge is 0.266 e. The highest BCUT2D eigenvalue weighted by atomic mass is 127. The van der Waals surface area contributed by atoms with Crippen LogP contribution < -0.4 is 9.47 Å². The van der Waals surface area contributed by atoms with Gasteiger partial charge in [0.25, 0.3) is 5.91 Å². The fraction of sp³-hybridized carbons (Fsp3) is 0.273. The number of rotatable bonds is 8. The van der Waals surface area contributed by atoms with Crippen molar-refractivity contribution < 1.29 is 14.3 Å². The monoisotopic (exact) mass is 607 g/mol. The van der Waals surface area contributed by atoms with Crippen molar-refractivity contribution in [3.8, 4) is 11.5 Å². The van der Waals surface area contributed by atoms with Crippen LogP contribution in [0.2, 0.25) is 10.0 Å². The molecule has 0 spiro atoms. The summed E-state index contributed by atoms with van der Waals surface area (Å²) in [5, 5.41) is 1.12. The summed E-state index contributed by atoms with van der Waals surface area (Å²) in [5.74, 6) is 1.18. The molecule has 9 heteroatoms. The number of hydrogen-bond donors (Lipinski definition) is 0. The minimum absolute atomic E-state index is 0.0532. The number of ether oxygens (including phenoxy) is 2. The number of thioether (sulfide) groups is 1. The molecule has 1 aliphatic heterocycles. The number of thiocarbonyl (C=S) groups is 1. The second-order valence-corrected chi connectivity index (χ2v) is 10.3. The standard InChI is InChI=1S/C22H20Cl2INO3S2/c1-3-7-26-21(27)19(31-22(26)30)10-13-8-17(25)20(18(9-13)28-4-2)29-12-14-5-6-15(23)11-16(14)24/h5-6,8-11H,3-4,7,12H2,1-2H3/b19-10-. The molecule has 0 atom stereocenters. The van der Waals surface area contributed by atoms with Crippen molar-refractivity contribution in [2.75, 3.05) is 13.2 Å². The molecule has 0 bridgehead atoms. The molecular formula is C22H20Cl2INO3S2. The number of benzene rings is 2. The molecule has 3 rings (SSSR count). The van der Waals surface area contributed by atoms with E-state index in [4.69, 9.17) is 44.9 Å². The van der Waals surface area contributed by atoms with Gasteiger partial charge < -0.3 is 9.47 Å². The Morgan fingerprint density at radius 2 is 1.97 bits per heavy atom. The predicted octanol–water partition coefficient (Wildman–Crippen LogP) is 7.19. The highest BCUT2D eigenvalue weighted by Crippen LogP contribution is 2.38. The van der Waals surface area contributed by atoms with Gasteiger partial charge in [-0.3, -0.25) is 9.69 Å². The van der Waals surface area contributed by atoms with Crippen molar-refractivity contribution in [2.45, 2.75) is 26.9 Å². The minimum Gasteiger partial charge on any atom is -0.490 e. The van der Waals surface area contributed by atoms with Crippen LogP contribution in [0.3, 0.4) is 0 Å². The van der Waals surface area contributed by atoms with Crippen LogP contribution in [0.5, 0.6) is 11.5 Å². The van der Waals surface area contributed by atoms with Gasteiger partial charge in [-0.25, -0.2) is 0 Å². The van der Waals surface area contributed by atoms with Crippen molar-refractivity contribution in [3.05, 3.63) is 60.0 Å². The van der Waals surface area contributed by atoms with Crippen LogP contribution in [0, 0.1) is 3.57 Å². The lowest BCUT2D eigenvalue weighted by Crippen LogP contribution is -2.28. The maximum atomic E-state index is 12.7. The molecule has 1 amide bonds.